The number of thioether (sulfide) groups is 1. The van der Waals surface area contributed by atoms with E-state index in [1.165, 1.54) is 11.8 Å². The maximum absolute atomic E-state index is 11.3. The van der Waals surface area contributed by atoms with Crippen molar-refractivity contribution in [1.29, 1.82) is 0 Å². The molecule has 7 heteroatoms. The molecule has 6 nitrogen and oxygen atoms in total. The van der Waals surface area contributed by atoms with Crippen molar-refractivity contribution in [3.05, 3.63) is 34.5 Å². The molecule has 0 amide bonds. The minimum atomic E-state index is -0.994. The van der Waals surface area contributed by atoms with Gasteiger partial charge in [-0.05, 0) is 26.8 Å². The molecule has 0 saturated heterocycles. The second kappa shape index (κ2) is 5.62. The van der Waals surface area contributed by atoms with Gasteiger partial charge in [-0.3, -0.25) is 4.68 Å². The zero-order chi connectivity index (χ0) is 14.9. The lowest BCUT2D eigenvalue weighted by Gasteiger charge is -2.08. The predicted molar refractivity (Wildman–Crippen MR) is 76.0 cm³/mol. The number of aromatic nitrogens is 4. The predicted octanol–water partition coefficient (Wildman–Crippen LogP) is 2.13. The molecule has 0 saturated carbocycles. The number of carboxylic acid groups (broad SMARTS) is 1. The lowest BCUT2D eigenvalue weighted by Crippen LogP contribution is -2.08. The molecule has 106 valence electrons. The van der Waals surface area contributed by atoms with Crippen LogP contribution in [0.1, 0.15) is 33.3 Å². The van der Waals surface area contributed by atoms with Crippen LogP contribution in [0.4, 0.5) is 0 Å². The fourth-order valence-corrected chi connectivity index (χ4v) is 3.10. The van der Waals surface area contributed by atoms with Gasteiger partial charge in [0.05, 0.1) is 11.4 Å². The van der Waals surface area contributed by atoms with Gasteiger partial charge in [0.2, 0.25) is 0 Å². The van der Waals surface area contributed by atoms with Gasteiger partial charge in [-0.2, -0.15) is 5.10 Å². The third kappa shape index (κ3) is 2.98. The number of hydrogen-bond donors (Lipinski definition) is 1. The van der Waals surface area contributed by atoms with Gasteiger partial charge in [-0.25, -0.2) is 14.8 Å². The number of carboxylic acids is 1. The molecule has 0 aliphatic carbocycles. The zero-order valence-corrected chi connectivity index (χ0v) is 12.7. The average Bonchev–Trinajstić information content (AvgIpc) is 2.63. The van der Waals surface area contributed by atoms with Crippen molar-refractivity contribution in [3.63, 3.8) is 0 Å². The lowest BCUT2D eigenvalue weighted by molar-refractivity contribution is 0.0690. The lowest BCUT2D eigenvalue weighted by atomic mass is 10.2. The first-order chi connectivity index (χ1) is 9.38. The highest BCUT2D eigenvalue weighted by molar-refractivity contribution is 7.98. The molecule has 0 aromatic carbocycles. The van der Waals surface area contributed by atoms with E-state index in [0.717, 1.165) is 11.4 Å². The van der Waals surface area contributed by atoms with Crippen LogP contribution in [-0.2, 0) is 12.8 Å². The van der Waals surface area contributed by atoms with E-state index < -0.39 is 5.97 Å². The molecule has 0 fully saturated rings. The van der Waals surface area contributed by atoms with E-state index in [2.05, 4.69) is 15.1 Å². The number of aromatic carboxylic acids is 1. The molecular formula is C13H16N4O2S. The SMILES string of the molecule is Cc1cc(CSc2nc(C)nc(C)c2C(=O)O)n(C)n1. The van der Waals surface area contributed by atoms with Crippen molar-refractivity contribution < 1.29 is 9.90 Å². The summed E-state index contributed by atoms with van der Waals surface area (Å²) in [5.41, 5.74) is 2.64. The number of aryl methyl sites for hydroxylation is 4. The Kier molecular flexibility index (Phi) is 4.08. The average molecular weight is 292 g/mol. The van der Waals surface area contributed by atoms with Crippen molar-refractivity contribution in [2.24, 2.45) is 7.05 Å². The van der Waals surface area contributed by atoms with Crippen LogP contribution in [0.5, 0.6) is 0 Å². The summed E-state index contributed by atoms with van der Waals surface area (Å²) in [5, 5.41) is 14.1. The van der Waals surface area contributed by atoms with E-state index in [9.17, 15) is 9.90 Å². The van der Waals surface area contributed by atoms with E-state index in [-0.39, 0.29) is 5.56 Å². The molecule has 2 aromatic heterocycles. The Bertz CT molecular complexity index is 667. The Hall–Kier alpha value is -1.89. The summed E-state index contributed by atoms with van der Waals surface area (Å²) in [6, 6.07) is 1.98. The number of rotatable bonds is 4. The van der Waals surface area contributed by atoms with Crippen molar-refractivity contribution >= 4 is 17.7 Å². The summed E-state index contributed by atoms with van der Waals surface area (Å²) in [6.07, 6.45) is 0. The van der Waals surface area contributed by atoms with Crippen LogP contribution in [0.2, 0.25) is 0 Å². The number of hydrogen-bond acceptors (Lipinski definition) is 5. The molecule has 0 spiro atoms. The van der Waals surface area contributed by atoms with E-state index in [4.69, 9.17) is 0 Å². The Labute approximate surface area is 121 Å². The van der Waals surface area contributed by atoms with Crippen LogP contribution < -0.4 is 0 Å². The first-order valence-electron chi connectivity index (χ1n) is 6.09. The molecule has 0 bridgehead atoms. The van der Waals surface area contributed by atoms with Crippen molar-refractivity contribution in [3.8, 4) is 0 Å². The Balaban J connectivity index is 2.29. The van der Waals surface area contributed by atoms with Crippen molar-refractivity contribution in [2.45, 2.75) is 31.6 Å². The van der Waals surface area contributed by atoms with Crippen LogP contribution in [0.25, 0.3) is 0 Å². The molecule has 2 aromatic rings. The standard InChI is InChI=1S/C13H16N4O2S/c1-7-5-10(17(4)16-7)6-20-12-11(13(18)19)8(2)14-9(3)15-12/h5H,6H2,1-4H3,(H,18,19). The van der Waals surface area contributed by atoms with Gasteiger partial charge in [-0.1, -0.05) is 11.8 Å². The topological polar surface area (TPSA) is 80.9 Å². The molecular weight excluding hydrogens is 276 g/mol. The maximum atomic E-state index is 11.3. The summed E-state index contributed by atoms with van der Waals surface area (Å²) in [5.74, 6) is 0.204. The monoisotopic (exact) mass is 292 g/mol. The first kappa shape index (κ1) is 14.5. The molecule has 1 N–H and O–H groups in total. The minimum Gasteiger partial charge on any atom is -0.478 e. The number of nitrogens with zero attached hydrogens (tertiary/aromatic N) is 4. The summed E-state index contributed by atoms with van der Waals surface area (Å²) in [7, 11) is 1.87. The highest BCUT2D eigenvalue weighted by Crippen LogP contribution is 2.26. The minimum absolute atomic E-state index is 0.180. The Morgan fingerprint density at radius 1 is 1.35 bits per heavy atom. The molecule has 20 heavy (non-hydrogen) atoms. The van der Waals surface area contributed by atoms with E-state index >= 15 is 0 Å². The van der Waals surface area contributed by atoms with Crippen LogP contribution in [0, 0.1) is 20.8 Å². The first-order valence-corrected chi connectivity index (χ1v) is 7.08. The fourth-order valence-electron chi connectivity index (χ4n) is 1.97. The van der Waals surface area contributed by atoms with Crippen LogP contribution in [0.15, 0.2) is 11.1 Å². The summed E-state index contributed by atoms with van der Waals surface area (Å²) in [4.78, 5) is 19.7. The van der Waals surface area contributed by atoms with Crippen molar-refractivity contribution in [2.75, 3.05) is 0 Å². The van der Waals surface area contributed by atoms with Gasteiger partial charge in [0.1, 0.15) is 16.4 Å². The Morgan fingerprint density at radius 2 is 2.05 bits per heavy atom. The maximum Gasteiger partial charge on any atom is 0.340 e. The second-order valence-electron chi connectivity index (χ2n) is 4.53. The molecule has 0 atom stereocenters. The highest BCUT2D eigenvalue weighted by Gasteiger charge is 2.18. The number of carbonyl (C=O) groups is 1. The molecule has 2 rings (SSSR count). The quantitative estimate of drug-likeness (QED) is 0.686. The smallest absolute Gasteiger partial charge is 0.340 e. The fraction of sp³-hybridized carbons (Fsp3) is 0.385. The van der Waals surface area contributed by atoms with E-state index in [1.807, 2.05) is 20.0 Å². The van der Waals surface area contributed by atoms with Crippen LogP contribution in [0.3, 0.4) is 0 Å². The normalized spacial score (nSPS) is 10.8. The van der Waals surface area contributed by atoms with E-state index in [1.54, 1.807) is 18.5 Å². The third-order valence-electron chi connectivity index (χ3n) is 2.84. The summed E-state index contributed by atoms with van der Waals surface area (Å²) >= 11 is 1.39. The molecule has 0 radical (unpaired) electrons. The van der Waals surface area contributed by atoms with Gasteiger partial charge >= 0.3 is 5.97 Å². The van der Waals surface area contributed by atoms with E-state index in [0.29, 0.717) is 22.3 Å². The molecule has 0 aliphatic rings. The largest absolute Gasteiger partial charge is 0.478 e. The highest BCUT2D eigenvalue weighted by atomic mass is 32.2. The van der Waals surface area contributed by atoms with Crippen molar-refractivity contribution in [1.82, 2.24) is 19.7 Å². The molecule has 0 unspecified atom stereocenters. The van der Waals surface area contributed by atoms with Gasteiger partial charge in [-0.15, -0.1) is 0 Å². The van der Waals surface area contributed by atoms with Gasteiger partial charge in [0.15, 0.2) is 0 Å². The van der Waals surface area contributed by atoms with Gasteiger partial charge in [0.25, 0.3) is 0 Å². The zero-order valence-electron chi connectivity index (χ0n) is 11.8. The third-order valence-corrected chi connectivity index (χ3v) is 3.85. The molecule has 0 aliphatic heterocycles. The van der Waals surface area contributed by atoms with Gasteiger partial charge in [0, 0.05) is 18.5 Å². The summed E-state index contributed by atoms with van der Waals surface area (Å²) in [6.45, 7) is 5.38. The van der Waals surface area contributed by atoms with Crippen LogP contribution in [-0.4, -0.2) is 30.8 Å². The second-order valence-corrected chi connectivity index (χ2v) is 5.49. The van der Waals surface area contributed by atoms with Crippen LogP contribution >= 0.6 is 11.8 Å². The molecule has 2 heterocycles. The van der Waals surface area contributed by atoms with Gasteiger partial charge < -0.3 is 5.11 Å². The summed E-state index contributed by atoms with van der Waals surface area (Å²) < 4.78 is 1.80. The Morgan fingerprint density at radius 3 is 2.60 bits per heavy atom.